The summed E-state index contributed by atoms with van der Waals surface area (Å²) in [6, 6.07) is -0.829. The van der Waals surface area contributed by atoms with Gasteiger partial charge in [-0.25, -0.2) is 4.79 Å². The largest absolute Gasteiger partial charge is 0.480 e. The van der Waals surface area contributed by atoms with Gasteiger partial charge in [-0.2, -0.15) is 0 Å². The Hall–Kier alpha value is -1.67. The molecule has 0 radical (unpaired) electrons. The molecule has 0 saturated carbocycles. The van der Waals surface area contributed by atoms with Crippen LogP contribution >= 0.6 is 0 Å². The number of urea groups is 1. The van der Waals surface area contributed by atoms with Gasteiger partial charge in [-0.1, -0.05) is 0 Å². The monoisotopic (exact) mass is 286 g/mol. The van der Waals surface area contributed by atoms with Gasteiger partial charge in [-0.05, 0) is 31.8 Å². The zero-order chi connectivity index (χ0) is 15.0. The van der Waals surface area contributed by atoms with E-state index in [1.807, 2.05) is 5.32 Å². The summed E-state index contributed by atoms with van der Waals surface area (Å²) in [4.78, 5) is 34.4. The number of aliphatic carboxylic acids is 1. The summed E-state index contributed by atoms with van der Waals surface area (Å²) >= 11 is 0. The van der Waals surface area contributed by atoms with Crippen molar-refractivity contribution in [2.24, 2.45) is 11.7 Å². The zero-order valence-electron chi connectivity index (χ0n) is 11.4. The van der Waals surface area contributed by atoms with E-state index >= 15 is 0 Å². The van der Waals surface area contributed by atoms with E-state index in [4.69, 9.17) is 10.8 Å². The number of piperidine rings is 1. The molecule has 0 aromatic rings. The van der Waals surface area contributed by atoms with Crippen LogP contribution in [-0.4, -0.2) is 60.6 Å². The topological polar surface area (TPSA) is 125 Å². The van der Waals surface area contributed by atoms with E-state index in [-0.39, 0.29) is 18.9 Å². The maximum atomic E-state index is 11.3. The van der Waals surface area contributed by atoms with Crippen molar-refractivity contribution in [1.29, 1.82) is 0 Å². The lowest BCUT2D eigenvalue weighted by Gasteiger charge is -2.32. The molecule has 1 aliphatic rings. The summed E-state index contributed by atoms with van der Waals surface area (Å²) in [5.41, 5.74) is 4.86. The molecule has 5 N–H and O–H groups in total. The van der Waals surface area contributed by atoms with E-state index in [2.05, 4.69) is 10.2 Å². The van der Waals surface area contributed by atoms with Gasteiger partial charge in [-0.3, -0.25) is 14.9 Å². The van der Waals surface area contributed by atoms with Gasteiger partial charge in [0.2, 0.25) is 5.91 Å². The molecule has 8 heteroatoms. The van der Waals surface area contributed by atoms with E-state index in [1.165, 1.54) is 0 Å². The van der Waals surface area contributed by atoms with Gasteiger partial charge in [-0.15, -0.1) is 0 Å². The number of carboxylic acid groups (broad SMARTS) is 1. The molecule has 1 rings (SSSR count). The Morgan fingerprint density at radius 2 is 2.10 bits per heavy atom. The minimum atomic E-state index is -0.860. The molecule has 0 spiro atoms. The number of likely N-dealkylation sites (tertiary alicyclic amines) is 1. The number of carbonyl (C=O) groups excluding carboxylic acids is 2. The minimum Gasteiger partial charge on any atom is -0.480 e. The van der Waals surface area contributed by atoms with E-state index in [9.17, 15) is 14.4 Å². The van der Waals surface area contributed by atoms with Crippen LogP contribution in [0.4, 0.5) is 4.79 Å². The average Bonchev–Trinajstić information content (AvgIpc) is 2.36. The predicted octanol–water partition coefficient (Wildman–Crippen LogP) is -1.04. The molecule has 1 saturated heterocycles. The maximum absolute atomic E-state index is 11.3. The number of hydrogen-bond donors (Lipinski definition) is 4. The number of rotatable bonds is 7. The maximum Gasteiger partial charge on any atom is 0.318 e. The second-order valence-corrected chi connectivity index (χ2v) is 5.00. The molecule has 8 nitrogen and oxygen atoms in total. The van der Waals surface area contributed by atoms with Crippen LogP contribution in [0.25, 0.3) is 0 Å². The van der Waals surface area contributed by atoms with Crippen molar-refractivity contribution in [3.63, 3.8) is 0 Å². The van der Waals surface area contributed by atoms with Crippen LogP contribution in [0, 0.1) is 5.92 Å². The van der Waals surface area contributed by atoms with Crippen molar-refractivity contribution in [1.82, 2.24) is 15.5 Å². The van der Waals surface area contributed by atoms with Crippen molar-refractivity contribution < 1.29 is 19.5 Å². The number of carboxylic acids is 1. The molecule has 3 amide bonds. The quantitative estimate of drug-likeness (QED) is 0.473. The van der Waals surface area contributed by atoms with Crippen molar-refractivity contribution in [2.45, 2.75) is 19.3 Å². The van der Waals surface area contributed by atoms with Crippen LogP contribution in [0.5, 0.6) is 0 Å². The summed E-state index contributed by atoms with van der Waals surface area (Å²) in [5.74, 6) is -0.841. The third kappa shape index (κ3) is 7.05. The van der Waals surface area contributed by atoms with Crippen LogP contribution < -0.4 is 16.4 Å². The van der Waals surface area contributed by atoms with E-state index < -0.39 is 12.0 Å². The molecule has 1 heterocycles. The van der Waals surface area contributed by atoms with Crippen molar-refractivity contribution in [3.05, 3.63) is 0 Å². The Kier molecular flexibility index (Phi) is 6.96. The second-order valence-electron chi connectivity index (χ2n) is 5.00. The van der Waals surface area contributed by atoms with E-state index in [1.54, 1.807) is 0 Å². The zero-order valence-corrected chi connectivity index (χ0v) is 11.4. The summed E-state index contributed by atoms with van der Waals surface area (Å²) in [7, 11) is 0. The molecule has 1 unspecified atom stereocenters. The molecular weight excluding hydrogens is 264 g/mol. The van der Waals surface area contributed by atoms with Crippen molar-refractivity contribution >= 4 is 17.9 Å². The fourth-order valence-corrected chi connectivity index (χ4v) is 2.36. The van der Waals surface area contributed by atoms with Crippen molar-refractivity contribution in [2.75, 3.05) is 32.7 Å². The van der Waals surface area contributed by atoms with Gasteiger partial charge < -0.3 is 21.1 Å². The highest BCUT2D eigenvalue weighted by Crippen LogP contribution is 2.15. The number of carbonyl (C=O) groups is 3. The number of hydrogen-bond acceptors (Lipinski definition) is 5. The Balaban J connectivity index is 2.21. The van der Waals surface area contributed by atoms with Gasteiger partial charge >= 0.3 is 12.0 Å². The lowest BCUT2D eigenvalue weighted by atomic mass is 9.98. The van der Waals surface area contributed by atoms with Crippen LogP contribution in [-0.2, 0) is 9.59 Å². The fourth-order valence-electron chi connectivity index (χ4n) is 2.36. The predicted molar refractivity (Wildman–Crippen MR) is 72.0 cm³/mol. The molecule has 0 aromatic carbocycles. The molecule has 1 fully saturated rings. The Morgan fingerprint density at radius 1 is 1.35 bits per heavy atom. The highest BCUT2D eigenvalue weighted by Gasteiger charge is 2.20. The number of primary amides is 1. The summed E-state index contributed by atoms with van der Waals surface area (Å²) in [5, 5.41) is 13.5. The average molecular weight is 286 g/mol. The standard InChI is InChI=1S/C12H22N4O4/c13-12(20)15-10(17)3-5-16-4-1-2-9(8-16)6-14-7-11(18)19/h9,14H,1-8H2,(H,18,19)(H3,13,15,17,20). The van der Waals surface area contributed by atoms with E-state index in [0.29, 0.717) is 19.0 Å². The number of imide groups is 1. The second kappa shape index (κ2) is 8.49. The molecule has 20 heavy (non-hydrogen) atoms. The first-order valence-corrected chi connectivity index (χ1v) is 6.71. The first-order valence-electron chi connectivity index (χ1n) is 6.71. The SMILES string of the molecule is NC(=O)NC(=O)CCN1CCCC(CNCC(=O)O)C1. The van der Waals surface area contributed by atoms with Crippen LogP contribution in [0.2, 0.25) is 0 Å². The minimum absolute atomic E-state index is 0.0302. The molecule has 1 atom stereocenters. The Labute approximate surface area is 117 Å². The number of nitrogens with one attached hydrogen (secondary N) is 2. The molecule has 1 aliphatic heterocycles. The summed E-state index contributed by atoms with van der Waals surface area (Å²) < 4.78 is 0. The molecule has 0 bridgehead atoms. The summed E-state index contributed by atoms with van der Waals surface area (Å²) in [6.07, 6.45) is 2.31. The number of nitrogens with zero attached hydrogens (tertiary/aromatic N) is 1. The Bertz CT molecular complexity index is 361. The summed E-state index contributed by atoms with van der Waals surface area (Å²) in [6.45, 7) is 2.96. The van der Waals surface area contributed by atoms with Crippen LogP contribution in [0.1, 0.15) is 19.3 Å². The molecule has 114 valence electrons. The highest BCUT2D eigenvalue weighted by atomic mass is 16.4. The van der Waals surface area contributed by atoms with Gasteiger partial charge in [0, 0.05) is 19.5 Å². The van der Waals surface area contributed by atoms with Gasteiger partial charge in [0.05, 0.1) is 6.54 Å². The third-order valence-electron chi connectivity index (χ3n) is 3.23. The first-order chi connectivity index (χ1) is 9.47. The van der Waals surface area contributed by atoms with Gasteiger partial charge in [0.1, 0.15) is 0 Å². The van der Waals surface area contributed by atoms with Gasteiger partial charge in [0.25, 0.3) is 0 Å². The van der Waals surface area contributed by atoms with Crippen LogP contribution in [0.3, 0.4) is 0 Å². The van der Waals surface area contributed by atoms with Crippen molar-refractivity contribution in [3.8, 4) is 0 Å². The normalized spacial score (nSPS) is 19.5. The molecule has 0 aliphatic carbocycles. The first kappa shape index (κ1) is 16.4. The fraction of sp³-hybridized carbons (Fsp3) is 0.750. The smallest absolute Gasteiger partial charge is 0.318 e. The lowest BCUT2D eigenvalue weighted by molar-refractivity contribution is -0.136. The number of nitrogens with two attached hydrogens (primary N) is 1. The number of amides is 3. The van der Waals surface area contributed by atoms with E-state index in [0.717, 1.165) is 25.9 Å². The third-order valence-corrected chi connectivity index (χ3v) is 3.23. The lowest BCUT2D eigenvalue weighted by Crippen LogP contribution is -2.42. The molecule has 0 aromatic heterocycles. The molecular formula is C12H22N4O4. The van der Waals surface area contributed by atoms with Crippen LogP contribution in [0.15, 0.2) is 0 Å². The Morgan fingerprint density at radius 3 is 2.75 bits per heavy atom. The van der Waals surface area contributed by atoms with Gasteiger partial charge in [0.15, 0.2) is 0 Å². The highest BCUT2D eigenvalue weighted by molar-refractivity contribution is 5.93.